The number of alkyl halides is 1. The Balaban J connectivity index is 2.57. The molecule has 0 heterocycles. The van der Waals surface area contributed by atoms with Crippen LogP contribution >= 0.6 is 15.9 Å². The Labute approximate surface area is 161 Å². The number of nitrogens with one attached hydrogen (secondary N) is 1. The number of carbonyl (C=O) groups is 2. The van der Waals surface area contributed by atoms with Crippen LogP contribution in [-0.2, 0) is 16.0 Å². The molecule has 0 atom stereocenters. The first-order valence-corrected chi connectivity index (χ1v) is 9.28. The quantitative estimate of drug-likeness (QED) is 0.388. The molecule has 0 unspecified atom stereocenters. The van der Waals surface area contributed by atoms with Crippen LogP contribution in [0.4, 0.5) is 10.5 Å². The number of hydrogen-bond donors (Lipinski definition) is 1. The molecule has 0 saturated heterocycles. The van der Waals surface area contributed by atoms with Crippen molar-refractivity contribution in [3.8, 4) is 0 Å². The van der Waals surface area contributed by atoms with E-state index in [4.69, 9.17) is 4.74 Å². The highest BCUT2D eigenvalue weighted by Gasteiger charge is 2.17. The first-order valence-electron chi connectivity index (χ1n) is 8.16. The maximum atomic E-state index is 12.0. The summed E-state index contributed by atoms with van der Waals surface area (Å²) in [5, 5.41) is 13.6. The van der Waals surface area contributed by atoms with Gasteiger partial charge in [-0.05, 0) is 32.8 Å². The SMILES string of the molecule is CC(C)(C)OC(=O)NCCN(CCc1cccc([N+](=O)[O-])c1)C(=O)CBr. The lowest BCUT2D eigenvalue weighted by Gasteiger charge is -2.23. The number of alkyl carbamates (subject to hydrolysis) is 1. The summed E-state index contributed by atoms with van der Waals surface area (Å²) in [7, 11) is 0. The highest BCUT2D eigenvalue weighted by atomic mass is 79.9. The minimum atomic E-state index is -0.586. The third kappa shape index (κ3) is 8.28. The number of amides is 2. The van der Waals surface area contributed by atoms with Gasteiger partial charge in [0.25, 0.3) is 5.69 Å². The third-order valence-electron chi connectivity index (χ3n) is 3.31. The Morgan fingerprint density at radius 1 is 1.31 bits per heavy atom. The van der Waals surface area contributed by atoms with E-state index in [-0.39, 0.29) is 23.5 Å². The van der Waals surface area contributed by atoms with E-state index >= 15 is 0 Å². The van der Waals surface area contributed by atoms with E-state index in [0.717, 1.165) is 5.56 Å². The zero-order chi connectivity index (χ0) is 19.7. The normalized spacial score (nSPS) is 10.9. The van der Waals surface area contributed by atoms with Gasteiger partial charge in [0.15, 0.2) is 0 Å². The van der Waals surface area contributed by atoms with Gasteiger partial charge < -0.3 is 15.0 Å². The van der Waals surface area contributed by atoms with Crippen molar-refractivity contribution in [1.29, 1.82) is 0 Å². The van der Waals surface area contributed by atoms with Crippen LogP contribution in [0.5, 0.6) is 0 Å². The lowest BCUT2D eigenvalue weighted by molar-refractivity contribution is -0.384. The fourth-order valence-electron chi connectivity index (χ4n) is 2.14. The molecule has 0 saturated carbocycles. The number of halogens is 1. The van der Waals surface area contributed by atoms with Crippen molar-refractivity contribution >= 4 is 33.6 Å². The molecule has 144 valence electrons. The van der Waals surface area contributed by atoms with Gasteiger partial charge in [-0.3, -0.25) is 14.9 Å². The van der Waals surface area contributed by atoms with Crippen molar-refractivity contribution in [2.24, 2.45) is 0 Å². The monoisotopic (exact) mass is 429 g/mol. The van der Waals surface area contributed by atoms with E-state index in [1.165, 1.54) is 12.1 Å². The molecule has 0 aliphatic carbocycles. The summed E-state index contributed by atoms with van der Waals surface area (Å²) < 4.78 is 5.14. The summed E-state index contributed by atoms with van der Waals surface area (Å²) in [6.45, 7) is 6.27. The van der Waals surface area contributed by atoms with Gasteiger partial charge in [-0.1, -0.05) is 28.1 Å². The van der Waals surface area contributed by atoms with Crippen molar-refractivity contribution < 1.29 is 19.2 Å². The molecule has 0 fully saturated rings. The molecule has 0 bridgehead atoms. The molecule has 2 amide bonds. The Morgan fingerprint density at radius 3 is 2.58 bits per heavy atom. The topological polar surface area (TPSA) is 102 Å². The fourth-order valence-corrected chi connectivity index (χ4v) is 2.50. The van der Waals surface area contributed by atoms with Gasteiger partial charge >= 0.3 is 6.09 Å². The van der Waals surface area contributed by atoms with Crippen LogP contribution < -0.4 is 5.32 Å². The largest absolute Gasteiger partial charge is 0.444 e. The summed E-state index contributed by atoms with van der Waals surface area (Å²) in [6.07, 6.45) is -0.0604. The van der Waals surface area contributed by atoms with Gasteiger partial charge in [0.05, 0.1) is 10.3 Å². The first-order chi connectivity index (χ1) is 12.1. The third-order valence-corrected chi connectivity index (χ3v) is 3.79. The molecule has 1 N–H and O–H groups in total. The number of ether oxygens (including phenoxy) is 1. The smallest absolute Gasteiger partial charge is 0.407 e. The van der Waals surface area contributed by atoms with Crippen LogP contribution in [0.15, 0.2) is 24.3 Å². The molecule has 26 heavy (non-hydrogen) atoms. The molecular weight excluding hydrogens is 406 g/mol. The van der Waals surface area contributed by atoms with E-state index < -0.39 is 16.6 Å². The van der Waals surface area contributed by atoms with Gasteiger partial charge in [-0.15, -0.1) is 0 Å². The standard InChI is InChI=1S/C17H24BrN3O5/c1-17(2,3)26-16(23)19-8-10-20(15(22)12-18)9-7-13-5-4-6-14(11-13)21(24)25/h4-6,11H,7-10,12H2,1-3H3,(H,19,23). The molecule has 0 aromatic heterocycles. The van der Waals surface area contributed by atoms with E-state index in [2.05, 4.69) is 21.2 Å². The number of non-ortho nitro benzene ring substituents is 1. The molecule has 1 aromatic carbocycles. The van der Waals surface area contributed by atoms with Crippen LogP contribution in [0.2, 0.25) is 0 Å². The number of hydrogen-bond acceptors (Lipinski definition) is 5. The second-order valence-corrected chi connectivity index (χ2v) is 7.18. The average molecular weight is 430 g/mol. The summed E-state index contributed by atoms with van der Waals surface area (Å²) >= 11 is 3.14. The fraction of sp³-hybridized carbons (Fsp3) is 0.529. The molecule has 0 radical (unpaired) electrons. The Morgan fingerprint density at radius 2 is 2.00 bits per heavy atom. The number of nitrogens with zero attached hydrogens (tertiary/aromatic N) is 2. The van der Waals surface area contributed by atoms with Crippen molar-refractivity contribution in [3.05, 3.63) is 39.9 Å². The number of carbonyl (C=O) groups excluding carboxylic acids is 2. The second-order valence-electron chi connectivity index (χ2n) is 6.62. The van der Waals surface area contributed by atoms with Crippen molar-refractivity contribution in [3.63, 3.8) is 0 Å². The van der Waals surface area contributed by atoms with E-state index in [1.807, 2.05) is 0 Å². The molecule has 0 aliphatic heterocycles. The molecule has 9 heteroatoms. The van der Waals surface area contributed by atoms with E-state index in [9.17, 15) is 19.7 Å². The van der Waals surface area contributed by atoms with Crippen molar-refractivity contribution in [1.82, 2.24) is 10.2 Å². The van der Waals surface area contributed by atoms with Crippen LogP contribution in [0.3, 0.4) is 0 Å². The number of benzene rings is 1. The zero-order valence-corrected chi connectivity index (χ0v) is 16.7. The zero-order valence-electron chi connectivity index (χ0n) is 15.2. The van der Waals surface area contributed by atoms with Crippen molar-refractivity contribution in [2.45, 2.75) is 32.8 Å². The van der Waals surface area contributed by atoms with Gasteiger partial charge in [0, 0.05) is 31.8 Å². The number of nitro groups is 1. The predicted octanol–water partition coefficient (Wildman–Crippen LogP) is 2.89. The molecule has 0 aliphatic rings. The van der Waals surface area contributed by atoms with E-state index in [0.29, 0.717) is 19.5 Å². The molecule has 1 rings (SSSR count). The molecular formula is C17H24BrN3O5. The van der Waals surface area contributed by atoms with Gasteiger partial charge in [0.1, 0.15) is 5.60 Å². The summed E-state index contributed by atoms with van der Waals surface area (Å²) in [5.74, 6) is -0.124. The minimum Gasteiger partial charge on any atom is -0.444 e. The predicted molar refractivity (Wildman–Crippen MR) is 101 cm³/mol. The van der Waals surface area contributed by atoms with Gasteiger partial charge in [-0.25, -0.2) is 4.79 Å². The molecule has 8 nitrogen and oxygen atoms in total. The number of nitro benzene ring substituents is 1. The highest BCUT2D eigenvalue weighted by molar-refractivity contribution is 9.09. The van der Waals surface area contributed by atoms with Gasteiger partial charge in [-0.2, -0.15) is 0 Å². The molecule has 0 spiro atoms. The Kier molecular flexibility index (Phi) is 8.50. The first kappa shape index (κ1) is 21.9. The van der Waals surface area contributed by atoms with Crippen LogP contribution in [0.1, 0.15) is 26.3 Å². The maximum Gasteiger partial charge on any atom is 0.407 e. The second kappa shape index (κ2) is 10.1. The van der Waals surface area contributed by atoms with Crippen LogP contribution in [0, 0.1) is 10.1 Å². The van der Waals surface area contributed by atoms with E-state index in [1.54, 1.807) is 37.8 Å². The summed E-state index contributed by atoms with van der Waals surface area (Å²) in [4.78, 5) is 35.7. The average Bonchev–Trinajstić information content (AvgIpc) is 2.55. The van der Waals surface area contributed by atoms with Gasteiger partial charge in [0.2, 0.25) is 5.91 Å². The lowest BCUT2D eigenvalue weighted by Crippen LogP contribution is -2.41. The Bertz CT molecular complexity index is 646. The summed E-state index contributed by atoms with van der Waals surface area (Å²) in [5.41, 5.74) is 0.205. The minimum absolute atomic E-state index is 0.0208. The Hall–Kier alpha value is -2.16. The highest BCUT2D eigenvalue weighted by Crippen LogP contribution is 2.14. The van der Waals surface area contributed by atoms with Crippen molar-refractivity contribution in [2.75, 3.05) is 25.0 Å². The molecule has 1 aromatic rings. The maximum absolute atomic E-state index is 12.0. The number of rotatable bonds is 8. The lowest BCUT2D eigenvalue weighted by atomic mass is 10.1. The summed E-state index contributed by atoms with van der Waals surface area (Å²) in [6, 6.07) is 6.32. The van der Waals surface area contributed by atoms with Crippen LogP contribution in [-0.4, -0.2) is 52.4 Å². The van der Waals surface area contributed by atoms with Crippen LogP contribution in [0.25, 0.3) is 0 Å².